The maximum Gasteiger partial charge on any atom is 0.338 e. The number of esters is 1. The SMILES string of the molecule is CCOC(=O)c1ccccc1CSc1cc2ccccc2s1. The zero-order chi connectivity index (χ0) is 15.4. The molecule has 0 aliphatic heterocycles. The molecular weight excluding hydrogens is 312 g/mol. The van der Waals surface area contributed by atoms with E-state index in [0.717, 1.165) is 11.3 Å². The highest BCUT2D eigenvalue weighted by molar-refractivity contribution is 8.00. The molecule has 22 heavy (non-hydrogen) atoms. The van der Waals surface area contributed by atoms with Crippen LogP contribution in [0.1, 0.15) is 22.8 Å². The average molecular weight is 328 g/mol. The van der Waals surface area contributed by atoms with Gasteiger partial charge in [0.2, 0.25) is 0 Å². The van der Waals surface area contributed by atoms with E-state index in [1.54, 1.807) is 23.1 Å². The Morgan fingerprint density at radius 2 is 1.91 bits per heavy atom. The molecule has 1 heterocycles. The molecule has 1 aromatic heterocycles. The predicted molar refractivity (Wildman–Crippen MR) is 93.8 cm³/mol. The van der Waals surface area contributed by atoms with Crippen molar-refractivity contribution in [2.45, 2.75) is 16.9 Å². The van der Waals surface area contributed by atoms with Crippen molar-refractivity contribution in [1.29, 1.82) is 0 Å². The minimum Gasteiger partial charge on any atom is -0.462 e. The number of fused-ring (bicyclic) bond motifs is 1. The van der Waals surface area contributed by atoms with Gasteiger partial charge < -0.3 is 4.74 Å². The summed E-state index contributed by atoms with van der Waals surface area (Å²) in [7, 11) is 0. The third-order valence-electron chi connectivity index (χ3n) is 3.29. The van der Waals surface area contributed by atoms with Gasteiger partial charge in [0.05, 0.1) is 16.4 Å². The number of thioether (sulfide) groups is 1. The Labute approximate surface area is 138 Å². The molecule has 0 fully saturated rings. The van der Waals surface area contributed by atoms with E-state index < -0.39 is 0 Å². The lowest BCUT2D eigenvalue weighted by molar-refractivity contribution is 0.0525. The molecule has 4 heteroatoms. The third-order valence-corrected chi connectivity index (χ3v) is 5.66. The molecule has 3 rings (SSSR count). The molecule has 0 unspecified atom stereocenters. The first-order valence-corrected chi connectivity index (χ1v) is 8.94. The molecule has 0 bridgehead atoms. The summed E-state index contributed by atoms with van der Waals surface area (Å²) >= 11 is 3.55. The fraction of sp³-hybridized carbons (Fsp3) is 0.167. The van der Waals surface area contributed by atoms with Crippen molar-refractivity contribution < 1.29 is 9.53 Å². The first-order chi connectivity index (χ1) is 10.8. The topological polar surface area (TPSA) is 26.3 Å². The molecule has 0 saturated heterocycles. The van der Waals surface area contributed by atoms with Crippen LogP contribution in [0.2, 0.25) is 0 Å². The molecule has 2 aromatic carbocycles. The van der Waals surface area contributed by atoms with Crippen molar-refractivity contribution in [3.8, 4) is 0 Å². The Morgan fingerprint density at radius 3 is 2.73 bits per heavy atom. The van der Waals surface area contributed by atoms with Gasteiger partial charge in [0.1, 0.15) is 0 Å². The molecule has 0 N–H and O–H groups in total. The van der Waals surface area contributed by atoms with Crippen LogP contribution in [0.3, 0.4) is 0 Å². The second-order valence-corrected chi connectivity index (χ2v) is 7.13. The number of benzene rings is 2. The predicted octanol–water partition coefficient (Wildman–Crippen LogP) is 5.37. The first kappa shape index (κ1) is 15.1. The zero-order valence-corrected chi connectivity index (χ0v) is 13.9. The Morgan fingerprint density at radius 1 is 1.14 bits per heavy atom. The number of carbonyl (C=O) groups excluding carboxylic acids is 1. The summed E-state index contributed by atoms with van der Waals surface area (Å²) in [5.41, 5.74) is 1.68. The van der Waals surface area contributed by atoms with Crippen molar-refractivity contribution in [3.63, 3.8) is 0 Å². The van der Waals surface area contributed by atoms with Crippen LogP contribution >= 0.6 is 23.1 Å². The molecule has 2 nitrogen and oxygen atoms in total. The quantitative estimate of drug-likeness (QED) is 0.465. The van der Waals surface area contributed by atoms with Crippen LogP contribution in [0.25, 0.3) is 10.1 Å². The van der Waals surface area contributed by atoms with E-state index in [1.165, 1.54) is 14.3 Å². The molecule has 0 amide bonds. The van der Waals surface area contributed by atoms with Crippen LogP contribution in [0.15, 0.2) is 58.8 Å². The van der Waals surface area contributed by atoms with Crippen LogP contribution in [0.5, 0.6) is 0 Å². The molecular formula is C18H16O2S2. The van der Waals surface area contributed by atoms with Gasteiger partial charge in [-0.15, -0.1) is 23.1 Å². The summed E-state index contributed by atoms with van der Waals surface area (Å²) in [6, 6.07) is 18.2. The minimum absolute atomic E-state index is 0.241. The Hall–Kier alpha value is -1.78. The monoisotopic (exact) mass is 328 g/mol. The third kappa shape index (κ3) is 3.34. The van der Waals surface area contributed by atoms with Gasteiger partial charge in [0.15, 0.2) is 0 Å². The van der Waals surface area contributed by atoms with Crippen molar-refractivity contribution in [2.24, 2.45) is 0 Å². The lowest BCUT2D eigenvalue weighted by Crippen LogP contribution is -2.07. The Balaban J connectivity index is 1.77. The zero-order valence-electron chi connectivity index (χ0n) is 12.2. The summed E-state index contributed by atoms with van der Waals surface area (Å²) in [6.07, 6.45) is 0. The van der Waals surface area contributed by atoms with Crippen molar-refractivity contribution in [2.75, 3.05) is 6.61 Å². The van der Waals surface area contributed by atoms with Crippen LogP contribution in [0, 0.1) is 0 Å². The Kier molecular flexibility index (Phi) is 4.80. The van der Waals surface area contributed by atoms with Crippen LogP contribution < -0.4 is 0 Å². The van der Waals surface area contributed by atoms with Gasteiger partial charge in [-0.1, -0.05) is 36.4 Å². The lowest BCUT2D eigenvalue weighted by Gasteiger charge is -2.07. The molecule has 0 aliphatic carbocycles. The summed E-state index contributed by atoms with van der Waals surface area (Å²) in [5.74, 6) is 0.525. The molecule has 112 valence electrons. The van der Waals surface area contributed by atoms with Gasteiger partial charge in [-0.2, -0.15) is 0 Å². The van der Waals surface area contributed by atoms with Gasteiger partial charge in [-0.3, -0.25) is 0 Å². The minimum atomic E-state index is -0.241. The fourth-order valence-corrected chi connectivity index (χ4v) is 4.47. The first-order valence-electron chi connectivity index (χ1n) is 7.14. The van der Waals surface area contributed by atoms with Crippen molar-refractivity contribution >= 4 is 39.2 Å². The van der Waals surface area contributed by atoms with Gasteiger partial charge >= 0.3 is 5.97 Å². The van der Waals surface area contributed by atoms with Gasteiger partial charge in [0, 0.05) is 10.5 Å². The van der Waals surface area contributed by atoms with E-state index in [2.05, 4.69) is 30.3 Å². The maximum absolute atomic E-state index is 12.0. The number of ether oxygens (including phenoxy) is 1. The van der Waals surface area contributed by atoms with E-state index in [4.69, 9.17) is 4.74 Å². The van der Waals surface area contributed by atoms with Crippen molar-refractivity contribution in [3.05, 3.63) is 65.7 Å². The van der Waals surface area contributed by atoms with E-state index >= 15 is 0 Å². The normalized spacial score (nSPS) is 10.8. The molecule has 0 radical (unpaired) electrons. The number of hydrogen-bond donors (Lipinski definition) is 0. The van der Waals surface area contributed by atoms with E-state index in [0.29, 0.717) is 12.2 Å². The van der Waals surface area contributed by atoms with E-state index in [-0.39, 0.29) is 5.97 Å². The van der Waals surface area contributed by atoms with E-state index in [9.17, 15) is 4.79 Å². The van der Waals surface area contributed by atoms with Crippen LogP contribution in [0.4, 0.5) is 0 Å². The molecule has 0 saturated carbocycles. The number of hydrogen-bond acceptors (Lipinski definition) is 4. The fourth-order valence-electron chi connectivity index (χ4n) is 2.23. The van der Waals surface area contributed by atoms with Crippen molar-refractivity contribution in [1.82, 2.24) is 0 Å². The highest BCUT2D eigenvalue weighted by Gasteiger charge is 2.12. The molecule has 3 aromatic rings. The highest BCUT2D eigenvalue weighted by Crippen LogP contribution is 2.34. The standard InChI is InChI=1S/C18H16O2S2/c1-2-20-18(19)15-9-5-3-8-14(15)12-21-17-11-13-7-4-6-10-16(13)22-17/h3-11H,2,12H2,1H3. The summed E-state index contributed by atoms with van der Waals surface area (Å²) < 4.78 is 7.68. The number of carbonyl (C=O) groups is 1. The average Bonchev–Trinajstić information content (AvgIpc) is 2.96. The summed E-state index contributed by atoms with van der Waals surface area (Å²) in [4.78, 5) is 12.0. The number of thiophene rings is 1. The Bertz CT molecular complexity index is 759. The van der Waals surface area contributed by atoms with Crippen LogP contribution in [-0.2, 0) is 10.5 Å². The maximum atomic E-state index is 12.0. The van der Waals surface area contributed by atoms with Gasteiger partial charge in [-0.25, -0.2) is 4.79 Å². The largest absolute Gasteiger partial charge is 0.462 e. The second-order valence-electron chi connectivity index (χ2n) is 4.77. The molecule has 0 atom stereocenters. The number of rotatable bonds is 5. The molecule has 0 aliphatic rings. The van der Waals surface area contributed by atoms with Gasteiger partial charge in [-0.05, 0) is 36.1 Å². The van der Waals surface area contributed by atoms with Gasteiger partial charge in [0.25, 0.3) is 0 Å². The van der Waals surface area contributed by atoms with E-state index in [1.807, 2.05) is 31.2 Å². The molecule has 0 spiro atoms. The summed E-state index contributed by atoms with van der Waals surface area (Å²) in [5, 5.41) is 1.27. The smallest absolute Gasteiger partial charge is 0.338 e. The summed E-state index contributed by atoms with van der Waals surface area (Å²) in [6.45, 7) is 2.23. The lowest BCUT2D eigenvalue weighted by atomic mass is 10.1. The second kappa shape index (κ2) is 6.99. The van der Waals surface area contributed by atoms with Crippen LogP contribution in [-0.4, -0.2) is 12.6 Å². The highest BCUT2D eigenvalue weighted by atomic mass is 32.2.